The van der Waals surface area contributed by atoms with Gasteiger partial charge in [0.1, 0.15) is 5.56 Å². The highest BCUT2D eigenvalue weighted by Gasteiger charge is 2.42. The number of hydrogen-bond acceptors (Lipinski definition) is 4. The Balaban J connectivity index is 2.31. The van der Waals surface area contributed by atoms with Crippen molar-refractivity contribution >= 4 is 11.9 Å². The highest BCUT2D eigenvalue weighted by atomic mass is 16.4. The summed E-state index contributed by atoms with van der Waals surface area (Å²) in [6, 6.07) is 0. The van der Waals surface area contributed by atoms with Crippen LogP contribution in [0.1, 0.15) is 43.0 Å². The van der Waals surface area contributed by atoms with Gasteiger partial charge in [0, 0.05) is 13.2 Å². The number of aromatic amines is 1. The maximum absolute atomic E-state index is 12.3. The number of nitrogens with zero attached hydrogens (tertiary/aromatic N) is 1. The lowest BCUT2D eigenvalue weighted by Crippen LogP contribution is -2.56. The minimum atomic E-state index is -0.961. The van der Waals surface area contributed by atoms with E-state index in [2.05, 4.69) is 10.3 Å². The van der Waals surface area contributed by atoms with Crippen LogP contribution in [0.15, 0.2) is 15.8 Å². The highest BCUT2D eigenvalue weighted by Crippen LogP contribution is 2.33. The molecule has 0 bridgehead atoms. The summed E-state index contributed by atoms with van der Waals surface area (Å²) >= 11 is 0. The molecule has 0 aliphatic heterocycles. The molecule has 1 aromatic rings. The van der Waals surface area contributed by atoms with Crippen LogP contribution in [0.25, 0.3) is 0 Å². The average Bonchev–Trinajstić information content (AvgIpc) is 2.44. The van der Waals surface area contributed by atoms with E-state index in [1.54, 1.807) is 6.92 Å². The van der Waals surface area contributed by atoms with E-state index in [0.29, 0.717) is 12.8 Å². The number of amides is 1. The summed E-state index contributed by atoms with van der Waals surface area (Å²) in [6.07, 6.45) is 3.67. The molecule has 2 rings (SSSR count). The number of aliphatic carboxylic acids is 1. The van der Waals surface area contributed by atoms with Crippen LogP contribution in [0.5, 0.6) is 0 Å². The molecular formula is C14H19N3O5. The zero-order valence-electron chi connectivity index (χ0n) is 12.5. The van der Waals surface area contributed by atoms with Gasteiger partial charge in [0.15, 0.2) is 0 Å². The van der Waals surface area contributed by atoms with Crippen LogP contribution in [0, 0.1) is 5.92 Å². The fraction of sp³-hybridized carbons (Fsp3) is 0.571. The van der Waals surface area contributed by atoms with Crippen molar-refractivity contribution < 1.29 is 14.7 Å². The van der Waals surface area contributed by atoms with Gasteiger partial charge in [-0.25, -0.2) is 4.79 Å². The number of aromatic nitrogens is 2. The third kappa shape index (κ3) is 2.81. The third-order valence-electron chi connectivity index (χ3n) is 4.33. The first kappa shape index (κ1) is 16.0. The molecule has 0 radical (unpaired) electrons. The van der Waals surface area contributed by atoms with Crippen molar-refractivity contribution in [3.05, 3.63) is 32.6 Å². The van der Waals surface area contributed by atoms with Gasteiger partial charge in [-0.15, -0.1) is 0 Å². The summed E-state index contributed by atoms with van der Waals surface area (Å²) in [6.45, 7) is 1.68. The summed E-state index contributed by atoms with van der Waals surface area (Å²) in [5, 5.41) is 12.0. The second kappa shape index (κ2) is 5.78. The van der Waals surface area contributed by atoms with Gasteiger partial charge in [0.25, 0.3) is 11.5 Å². The monoisotopic (exact) mass is 309 g/mol. The van der Waals surface area contributed by atoms with Gasteiger partial charge in [-0.2, -0.15) is 0 Å². The van der Waals surface area contributed by atoms with Gasteiger partial charge in [-0.1, -0.05) is 12.8 Å². The van der Waals surface area contributed by atoms with E-state index in [1.807, 2.05) is 0 Å². The third-order valence-corrected chi connectivity index (χ3v) is 4.33. The summed E-state index contributed by atoms with van der Waals surface area (Å²) in [4.78, 5) is 49.3. The van der Waals surface area contributed by atoms with Gasteiger partial charge in [0.2, 0.25) is 0 Å². The number of carboxylic acid groups (broad SMARTS) is 1. The maximum atomic E-state index is 12.3. The Morgan fingerprint density at radius 1 is 1.41 bits per heavy atom. The Kier molecular flexibility index (Phi) is 4.20. The van der Waals surface area contributed by atoms with E-state index >= 15 is 0 Å². The van der Waals surface area contributed by atoms with E-state index in [9.17, 15) is 24.3 Å². The van der Waals surface area contributed by atoms with E-state index in [-0.39, 0.29) is 5.56 Å². The summed E-state index contributed by atoms with van der Waals surface area (Å²) in [5.41, 5.74) is -2.46. The van der Waals surface area contributed by atoms with Crippen LogP contribution in [-0.2, 0) is 11.8 Å². The average molecular weight is 309 g/mol. The van der Waals surface area contributed by atoms with Crippen molar-refractivity contribution in [3.63, 3.8) is 0 Å². The second-order valence-electron chi connectivity index (χ2n) is 5.88. The molecule has 1 heterocycles. The summed E-state index contributed by atoms with van der Waals surface area (Å²) < 4.78 is 0.798. The van der Waals surface area contributed by atoms with Gasteiger partial charge < -0.3 is 15.4 Å². The van der Waals surface area contributed by atoms with Gasteiger partial charge in [-0.05, 0) is 19.8 Å². The molecular weight excluding hydrogens is 290 g/mol. The number of carbonyl (C=O) groups excluding carboxylic acids is 1. The fourth-order valence-corrected chi connectivity index (χ4v) is 2.93. The maximum Gasteiger partial charge on any atom is 0.328 e. The molecule has 8 nitrogen and oxygen atoms in total. The number of H-pyrrole nitrogens is 1. The number of hydrogen-bond donors (Lipinski definition) is 3. The zero-order chi connectivity index (χ0) is 16.5. The van der Waals surface area contributed by atoms with Crippen LogP contribution in [0.4, 0.5) is 0 Å². The van der Waals surface area contributed by atoms with Crippen molar-refractivity contribution in [2.45, 2.75) is 38.1 Å². The van der Waals surface area contributed by atoms with Gasteiger partial charge >= 0.3 is 11.7 Å². The van der Waals surface area contributed by atoms with Crippen LogP contribution in [0.2, 0.25) is 0 Å². The first-order valence-electron chi connectivity index (χ1n) is 7.10. The SMILES string of the molecule is Cn1c(=O)[nH]cc(C(=O)N[C@]2(C)CCCC[C@@H]2C(=O)O)c1=O. The number of carbonyl (C=O) groups is 2. The zero-order valence-corrected chi connectivity index (χ0v) is 12.5. The number of rotatable bonds is 3. The first-order chi connectivity index (χ1) is 10.3. The molecule has 3 N–H and O–H groups in total. The van der Waals surface area contributed by atoms with Gasteiger partial charge in [0.05, 0.1) is 11.5 Å². The Bertz CT molecular complexity index is 720. The first-order valence-corrected chi connectivity index (χ1v) is 7.10. The molecule has 1 aliphatic rings. The minimum Gasteiger partial charge on any atom is -0.481 e. The molecule has 1 saturated carbocycles. The Morgan fingerprint density at radius 3 is 2.73 bits per heavy atom. The normalized spacial score (nSPS) is 24.7. The fourth-order valence-electron chi connectivity index (χ4n) is 2.93. The molecule has 1 aliphatic carbocycles. The largest absolute Gasteiger partial charge is 0.481 e. The Labute approximate surface area is 126 Å². The predicted molar refractivity (Wildman–Crippen MR) is 77.8 cm³/mol. The van der Waals surface area contributed by atoms with Crippen molar-refractivity contribution in [3.8, 4) is 0 Å². The molecule has 120 valence electrons. The lowest BCUT2D eigenvalue weighted by molar-refractivity contribution is -0.145. The van der Waals surface area contributed by atoms with Crippen LogP contribution < -0.4 is 16.6 Å². The Morgan fingerprint density at radius 2 is 2.09 bits per heavy atom. The lowest BCUT2D eigenvalue weighted by atomic mass is 9.74. The standard InChI is InChI=1S/C14H19N3O5/c1-14(6-4-3-5-9(14)12(20)21)16-10(18)8-7-15-13(22)17(2)11(8)19/h7,9H,3-6H2,1-2H3,(H,15,22)(H,16,18)(H,20,21)/t9-,14-/m1/s1. The minimum absolute atomic E-state index is 0.210. The quantitative estimate of drug-likeness (QED) is 0.716. The smallest absolute Gasteiger partial charge is 0.328 e. The van der Waals surface area contributed by atoms with Crippen LogP contribution >= 0.6 is 0 Å². The van der Waals surface area contributed by atoms with Crippen LogP contribution in [-0.4, -0.2) is 32.1 Å². The summed E-state index contributed by atoms with van der Waals surface area (Å²) in [7, 11) is 1.26. The molecule has 8 heteroatoms. The molecule has 0 saturated heterocycles. The summed E-state index contributed by atoms with van der Waals surface area (Å²) in [5.74, 6) is -2.33. The predicted octanol–water partition coefficient (Wildman–Crippen LogP) is -0.163. The highest BCUT2D eigenvalue weighted by molar-refractivity contribution is 5.94. The molecule has 22 heavy (non-hydrogen) atoms. The van der Waals surface area contributed by atoms with E-state index in [0.717, 1.165) is 23.6 Å². The molecule has 1 fully saturated rings. The molecule has 0 unspecified atom stereocenters. The molecule has 0 aromatic carbocycles. The number of nitrogens with one attached hydrogen (secondary N) is 2. The van der Waals surface area contributed by atoms with E-state index in [4.69, 9.17) is 0 Å². The van der Waals surface area contributed by atoms with Crippen molar-refractivity contribution in [1.29, 1.82) is 0 Å². The number of carboxylic acids is 1. The van der Waals surface area contributed by atoms with Gasteiger partial charge in [-0.3, -0.25) is 19.0 Å². The topological polar surface area (TPSA) is 121 Å². The molecule has 1 aromatic heterocycles. The lowest BCUT2D eigenvalue weighted by Gasteiger charge is -2.39. The van der Waals surface area contributed by atoms with Crippen molar-refractivity contribution in [2.24, 2.45) is 13.0 Å². The van der Waals surface area contributed by atoms with E-state index < -0.39 is 34.6 Å². The second-order valence-corrected chi connectivity index (χ2v) is 5.88. The molecule has 2 atom stereocenters. The van der Waals surface area contributed by atoms with Crippen molar-refractivity contribution in [2.75, 3.05) is 0 Å². The Hall–Kier alpha value is -2.38. The van der Waals surface area contributed by atoms with Crippen molar-refractivity contribution in [1.82, 2.24) is 14.9 Å². The molecule has 0 spiro atoms. The molecule has 1 amide bonds. The van der Waals surface area contributed by atoms with Crippen LogP contribution in [0.3, 0.4) is 0 Å². The van der Waals surface area contributed by atoms with E-state index in [1.165, 1.54) is 7.05 Å².